The Bertz CT molecular complexity index is 1410. The lowest BCUT2D eigenvalue weighted by Gasteiger charge is -2.35. The monoisotopic (exact) mass is 573 g/mol. The van der Waals surface area contributed by atoms with Crippen LogP contribution in [-0.4, -0.2) is 65.9 Å². The average molecular weight is 574 g/mol. The van der Waals surface area contributed by atoms with Gasteiger partial charge in [0, 0.05) is 29.7 Å². The number of benzene rings is 2. The Morgan fingerprint density at radius 2 is 1.74 bits per heavy atom. The molecule has 9 heteroatoms. The maximum Gasteiger partial charge on any atom is 0.247 e. The van der Waals surface area contributed by atoms with Crippen molar-refractivity contribution in [3.63, 3.8) is 0 Å². The number of hydrogen-bond acceptors (Lipinski definition) is 5. The standard InChI is InChI=1S/C33H43N5O4/c1-7-21(4)29(38(5)6)33(41)37-28-30(20(2)3)42-24-14-12-22(13-15-24)16-17-34-31(39)27(36-32(28)40)18-23-19-35-26-11-9-8-10-25(23)26/h8-17,19-21,27-30,35H,7,18H2,1-6H3,(H,34,39)(H,36,40)(H,37,41)/t21-,27+,28+,29+,30-/m1/s1. The van der Waals surface area contributed by atoms with Crippen molar-refractivity contribution in [3.05, 3.63) is 72.1 Å². The summed E-state index contributed by atoms with van der Waals surface area (Å²) in [6.45, 7) is 7.96. The zero-order valence-corrected chi connectivity index (χ0v) is 25.3. The molecule has 2 aliphatic rings. The summed E-state index contributed by atoms with van der Waals surface area (Å²) in [5, 5.41) is 9.79. The van der Waals surface area contributed by atoms with Crippen molar-refractivity contribution in [2.75, 3.05) is 14.1 Å². The predicted molar refractivity (Wildman–Crippen MR) is 166 cm³/mol. The van der Waals surface area contributed by atoms with E-state index in [2.05, 4.69) is 20.9 Å². The van der Waals surface area contributed by atoms with Gasteiger partial charge in [-0.1, -0.05) is 64.4 Å². The lowest BCUT2D eigenvalue weighted by atomic mass is 9.94. The van der Waals surface area contributed by atoms with Crippen molar-refractivity contribution in [3.8, 4) is 5.75 Å². The van der Waals surface area contributed by atoms with E-state index in [1.54, 1.807) is 12.3 Å². The third kappa shape index (κ3) is 7.20. The average Bonchev–Trinajstić information content (AvgIpc) is 3.37. The number of aromatic amines is 1. The van der Waals surface area contributed by atoms with E-state index >= 15 is 0 Å². The van der Waals surface area contributed by atoms with Crippen LogP contribution < -0.4 is 20.7 Å². The van der Waals surface area contributed by atoms with Gasteiger partial charge >= 0.3 is 0 Å². The van der Waals surface area contributed by atoms with E-state index in [4.69, 9.17) is 4.74 Å². The summed E-state index contributed by atoms with van der Waals surface area (Å²) in [5.74, 6) is -0.616. The molecule has 4 N–H and O–H groups in total. The zero-order valence-electron chi connectivity index (χ0n) is 25.3. The van der Waals surface area contributed by atoms with Gasteiger partial charge in [-0.05, 0) is 61.3 Å². The Kier molecular flexibility index (Phi) is 10.1. The number of H-pyrrole nitrogens is 1. The van der Waals surface area contributed by atoms with E-state index in [-0.39, 0.29) is 30.1 Å². The number of likely N-dealkylation sites (N-methyl/N-ethyl adjacent to an activating group) is 1. The van der Waals surface area contributed by atoms with Crippen LogP contribution in [0.4, 0.5) is 0 Å². The molecule has 9 nitrogen and oxygen atoms in total. The number of carbonyl (C=O) groups is 3. The van der Waals surface area contributed by atoms with Gasteiger partial charge in [0.1, 0.15) is 23.9 Å². The number of para-hydroxylation sites is 1. The molecule has 3 aromatic rings. The minimum absolute atomic E-state index is 0.0553. The number of hydrogen-bond donors (Lipinski definition) is 4. The largest absolute Gasteiger partial charge is 0.487 e. The maximum atomic E-state index is 14.1. The molecular weight excluding hydrogens is 530 g/mol. The topological polar surface area (TPSA) is 116 Å². The van der Waals surface area contributed by atoms with E-state index in [9.17, 15) is 14.4 Å². The minimum Gasteiger partial charge on any atom is -0.487 e. The summed E-state index contributed by atoms with van der Waals surface area (Å²) >= 11 is 0. The molecule has 2 aromatic carbocycles. The van der Waals surface area contributed by atoms with E-state index in [0.29, 0.717) is 5.75 Å². The highest BCUT2D eigenvalue weighted by Crippen LogP contribution is 2.23. The van der Waals surface area contributed by atoms with Crippen LogP contribution in [0.1, 0.15) is 45.2 Å². The van der Waals surface area contributed by atoms with Crippen LogP contribution in [0.2, 0.25) is 0 Å². The van der Waals surface area contributed by atoms with E-state index in [1.807, 2.05) is 101 Å². The fraction of sp³-hybridized carbons (Fsp3) is 0.424. The van der Waals surface area contributed by atoms with Gasteiger partial charge in [-0.25, -0.2) is 0 Å². The molecule has 2 bridgehead atoms. The second kappa shape index (κ2) is 13.7. The molecule has 3 heterocycles. The SMILES string of the molecule is CC[C@@H](C)[C@@H](C(=O)N[C@@H]1C(=O)N[C@@H](Cc2c[nH]c3ccccc23)C(=O)NC=Cc2ccc(cc2)O[C@@H]1C(C)C)N(C)C. The highest BCUT2D eigenvalue weighted by Gasteiger charge is 2.38. The number of amides is 3. The van der Waals surface area contributed by atoms with Crippen molar-refractivity contribution < 1.29 is 19.1 Å². The van der Waals surface area contributed by atoms with Gasteiger partial charge in [-0.3, -0.25) is 19.3 Å². The molecule has 0 spiro atoms. The summed E-state index contributed by atoms with van der Waals surface area (Å²) < 4.78 is 6.39. The van der Waals surface area contributed by atoms with Crippen molar-refractivity contribution in [1.82, 2.24) is 25.8 Å². The molecule has 0 unspecified atom stereocenters. The van der Waals surface area contributed by atoms with Gasteiger partial charge in [0.2, 0.25) is 17.7 Å². The van der Waals surface area contributed by atoms with Gasteiger partial charge in [-0.15, -0.1) is 0 Å². The highest BCUT2D eigenvalue weighted by molar-refractivity contribution is 5.94. The molecule has 1 aromatic heterocycles. The second-order valence-electron chi connectivity index (χ2n) is 11.6. The van der Waals surface area contributed by atoms with Crippen LogP contribution in [-0.2, 0) is 20.8 Å². The van der Waals surface area contributed by atoms with Crippen molar-refractivity contribution >= 4 is 34.7 Å². The molecular formula is C33H43N5O4. The van der Waals surface area contributed by atoms with E-state index in [1.165, 1.54) is 0 Å². The van der Waals surface area contributed by atoms with Gasteiger partial charge in [0.25, 0.3) is 0 Å². The number of aromatic nitrogens is 1. The number of nitrogens with one attached hydrogen (secondary N) is 4. The first kappa shape index (κ1) is 30.8. The molecule has 0 fully saturated rings. The molecule has 5 rings (SSSR count). The number of fused-ring (bicyclic) bond motifs is 11. The van der Waals surface area contributed by atoms with Crippen LogP contribution in [0.25, 0.3) is 17.0 Å². The number of nitrogens with zero attached hydrogens (tertiary/aromatic N) is 1. The first-order chi connectivity index (χ1) is 20.1. The zero-order chi connectivity index (χ0) is 30.4. The molecule has 5 atom stereocenters. The van der Waals surface area contributed by atoms with Crippen LogP contribution in [0.3, 0.4) is 0 Å². The molecule has 0 aliphatic carbocycles. The van der Waals surface area contributed by atoms with Gasteiger partial charge < -0.3 is 25.7 Å². The summed E-state index contributed by atoms with van der Waals surface area (Å²) in [7, 11) is 3.72. The fourth-order valence-electron chi connectivity index (χ4n) is 5.48. The number of rotatable bonds is 8. The summed E-state index contributed by atoms with van der Waals surface area (Å²) in [5.41, 5.74) is 2.72. The third-order valence-electron chi connectivity index (χ3n) is 7.96. The molecule has 2 aliphatic heterocycles. The van der Waals surface area contributed by atoms with Gasteiger partial charge in [0.05, 0.1) is 6.04 Å². The molecule has 0 saturated heterocycles. The first-order valence-electron chi connectivity index (χ1n) is 14.6. The molecule has 42 heavy (non-hydrogen) atoms. The molecule has 0 saturated carbocycles. The minimum atomic E-state index is -1.06. The highest BCUT2D eigenvalue weighted by atomic mass is 16.5. The maximum absolute atomic E-state index is 14.1. The Morgan fingerprint density at radius 3 is 2.40 bits per heavy atom. The lowest BCUT2D eigenvalue weighted by Crippen LogP contribution is -2.62. The van der Waals surface area contributed by atoms with Gasteiger partial charge in [0.15, 0.2) is 0 Å². The second-order valence-corrected chi connectivity index (χ2v) is 11.6. The van der Waals surface area contributed by atoms with Crippen molar-refractivity contribution in [1.29, 1.82) is 0 Å². The van der Waals surface area contributed by atoms with Crippen LogP contribution >= 0.6 is 0 Å². The van der Waals surface area contributed by atoms with Crippen molar-refractivity contribution in [2.24, 2.45) is 11.8 Å². The van der Waals surface area contributed by atoms with E-state index in [0.717, 1.165) is 28.5 Å². The Balaban J connectivity index is 1.73. The van der Waals surface area contributed by atoms with Crippen molar-refractivity contribution in [2.45, 2.75) is 64.8 Å². The smallest absolute Gasteiger partial charge is 0.247 e. The van der Waals surface area contributed by atoms with Crippen LogP contribution in [0.15, 0.2) is 60.9 Å². The first-order valence-corrected chi connectivity index (χ1v) is 14.6. The third-order valence-corrected chi connectivity index (χ3v) is 7.96. The van der Waals surface area contributed by atoms with Crippen LogP contribution in [0.5, 0.6) is 5.75 Å². The quantitative estimate of drug-likeness (QED) is 0.327. The normalized spacial score (nSPS) is 21.0. The number of carbonyl (C=O) groups excluding carboxylic acids is 3. The molecule has 224 valence electrons. The summed E-state index contributed by atoms with van der Waals surface area (Å²) in [4.78, 5) is 46.5. The number of ether oxygens (including phenoxy) is 1. The summed E-state index contributed by atoms with van der Waals surface area (Å²) in [6.07, 6.45) is 5.57. The predicted octanol–water partition coefficient (Wildman–Crippen LogP) is 3.86. The Morgan fingerprint density at radius 1 is 1.02 bits per heavy atom. The summed E-state index contributed by atoms with van der Waals surface area (Å²) in [6, 6.07) is 12.8. The Labute approximate surface area is 248 Å². The van der Waals surface area contributed by atoms with Crippen LogP contribution in [0, 0.1) is 11.8 Å². The fourth-order valence-corrected chi connectivity index (χ4v) is 5.48. The van der Waals surface area contributed by atoms with Gasteiger partial charge in [-0.2, -0.15) is 0 Å². The Hall–Kier alpha value is -4.11. The molecule has 3 amide bonds. The molecule has 0 radical (unpaired) electrons. The lowest BCUT2D eigenvalue weighted by molar-refractivity contribution is -0.136. The van der Waals surface area contributed by atoms with E-state index < -0.39 is 30.1 Å².